The van der Waals surface area contributed by atoms with Gasteiger partial charge in [0.15, 0.2) is 11.6 Å². The van der Waals surface area contributed by atoms with Gasteiger partial charge in [-0.1, -0.05) is 118 Å². The number of esters is 2. The normalized spacial score (nSPS) is 11.3. The molecule has 0 spiro atoms. The molecule has 0 heterocycles. The number of halogens is 2. The quantitative estimate of drug-likeness (QED) is 0.0444. The molecular weight excluding hydrogens is 703 g/mol. The Hall–Kier alpha value is -4.86. The number of hydrogen-bond acceptors (Lipinski definition) is 6. The van der Waals surface area contributed by atoms with Crippen molar-refractivity contribution in [2.24, 2.45) is 0 Å². The number of hydrogen-bond donors (Lipinski definition) is 1. The summed E-state index contributed by atoms with van der Waals surface area (Å²) < 4.78 is 48.6. The van der Waals surface area contributed by atoms with E-state index in [0.29, 0.717) is 53.0 Å². The van der Waals surface area contributed by atoms with Crippen LogP contribution in [0.1, 0.15) is 64.0 Å². The van der Waals surface area contributed by atoms with Crippen LogP contribution in [0, 0.1) is 11.6 Å². The fourth-order valence-corrected chi connectivity index (χ4v) is 8.72. The number of benzene rings is 4. The fourth-order valence-electron chi connectivity index (χ4n) is 6.12. The van der Waals surface area contributed by atoms with Crippen molar-refractivity contribution in [3.05, 3.63) is 120 Å². The number of ether oxygens (including phenoxy) is 3. The van der Waals surface area contributed by atoms with Crippen molar-refractivity contribution in [2.45, 2.75) is 85.2 Å². The maximum absolute atomic E-state index is 15.7. The van der Waals surface area contributed by atoms with Crippen molar-refractivity contribution in [3.63, 3.8) is 0 Å². The average Bonchev–Trinajstić information content (AvgIpc) is 3.16. The van der Waals surface area contributed by atoms with Gasteiger partial charge in [-0.3, -0.25) is 0 Å². The molecule has 0 aliphatic heterocycles. The van der Waals surface area contributed by atoms with Gasteiger partial charge in [0.1, 0.15) is 19.0 Å². The highest BCUT2D eigenvalue weighted by atomic mass is 28.3. The van der Waals surface area contributed by atoms with E-state index in [2.05, 4.69) is 45.3 Å². The van der Waals surface area contributed by atoms with E-state index in [1.807, 2.05) is 24.3 Å². The van der Waals surface area contributed by atoms with E-state index >= 15 is 8.78 Å². The Balaban J connectivity index is 1.67. The highest BCUT2D eigenvalue weighted by Gasteiger charge is 2.23. The highest BCUT2D eigenvalue weighted by Crippen LogP contribution is 2.36. The van der Waals surface area contributed by atoms with Crippen LogP contribution in [-0.4, -0.2) is 38.3 Å². The first-order chi connectivity index (χ1) is 25.8. The Kier molecular flexibility index (Phi) is 15.1. The van der Waals surface area contributed by atoms with Crippen molar-refractivity contribution in [1.29, 1.82) is 0 Å². The molecular formula is C45H52F2O6Si. The fraction of sp³-hybridized carbons (Fsp3) is 0.333. The van der Waals surface area contributed by atoms with Gasteiger partial charge in [0.2, 0.25) is 0 Å². The molecule has 0 amide bonds. The van der Waals surface area contributed by atoms with Gasteiger partial charge < -0.3 is 19.3 Å². The Morgan fingerprint density at radius 2 is 1.17 bits per heavy atom. The smallest absolute Gasteiger partial charge is 0.333 e. The van der Waals surface area contributed by atoms with Crippen LogP contribution in [0.3, 0.4) is 0 Å². The molecule has 54 heavy (non-hydrogen) atoms. The maximum atomic E-state index is 15.7. The van der Waals surface area contributed by atoms with Crippen molar-refractivity contribution in [2.75, 3.05) is 13.2 Å². The number of aliphatic hydroxyl groups excluding tert-OH is 1. The molecule has 0 unspecified atom stereocenters. The molecule has 9 heteroatoms. The molecule has 0 bridgehead atoms. The van der Waals surface area contributed by atoms with Crippen LogP contribution in [-0.2, 0) is 32.3 Å². The second-order valence-corrected chi connectivity index (χ2v) is 19.2. The Morgan fingerprint density at radius 3 is 1.63 bits per heavy atom. The first-order valence-electron chi connectivity index (χ1n) is 18.5. The number of aliphatic hydroxyl groups is 1. The van der Waals surface area contributed by atoms with Gasteiger partial charge in [-0.2, -0.15) is 0 Å². The summed E-state index contributed by atoms with van der Waals surface area (Å²) in [4.78, 5) is 24.7. The van der Waals surface area contributed by atoms with Gasteiger partial charge >= 0.3 is 11.9 Å². The summed E-state index contributed by atoms with van der Waals surface area (Å²) in [6.07, 6.45) is 4.39. The largest absolute Gasteiger partial charge is 0.493 e. The lowest BCUT2D eigenvalue weighted by Crippen LogP contribution is -2.40. The third-order valence-electron chi connectivity index (χ3n) is 9.45. The summed E-state index contributed by atoms with van der Waals surface area (Å²) in [6.45, 7) is 17.4. The van der Waals surface area contributed by atoms with Crippen LogP contribution >= 0.6 is 0 Å². The van der Waals surface area contributed by atoms with Crippen LogP contribution < -0.4 is 9.92 Å². The standard InChI is InChI=1S/C45H52F2O6Si/c1-8-9-25-54(6,7)38-19-17-34(18-20-38)40-22-21-39(41(46)42(40)47)33-15-13-32(14-16-33)35-26-36(28-52-44(49)30(2)3)43(51-24-12-10-11-23-48)37(27-35)29-53-45(50)31(4)5/h13-22,26-27,48H,2,4,8-12,23-25,28-29H2,1,3,5-7H3. The third-order valence-corrected chi connectivity index (χ3v) is 13.0. The maximum Gasteiger partial charge on any atom is 0.333 e. The molecule has 4 aromatic carbocycles. The van der Waals surface area contributed by atoms with Gasteiger partial charge in [0, 0.05) is 40.0 Å². The predicted molar refractivity (Wildman–Crippen MR) is 215 cm³/mol. The second kappa shape index (κ2) is 19.5. The lowest BCUT2D eigenvalue weighted by molar-refractivity contribution is -0.140. The summed E-state index contributed by atoms with van der Waals surface area (Å²) in [7, 11) is -1.60. The van der Waals surface area contributed by atoms with E-state index in [4.69, 9.17) is 19.3 Å². The van der Waals surface area contributed by atoms with Gasteiger partial charge in [0.05, 0.1) is 14.7 Å². The number of carbonyl (C=O) groups is 2. The highest BCUT2D eigenvalue weighted by molar-refractivity contribution is 6.89. The number of rotatable bonds is 19. The zero-order valence-corrected chi connectivity index (χ0v) is 33.2. The molecule has 0 saturated heterocycles. The molecule has 4 rings (SSSR count). The van der Waals surface area contributed by atoms with E-state index in [1.54, 1.807) is 50.2 Å². The molecule has 0 radical (unpaired) electrons. The third kappa shape index (κ3) is 10.9. The summed E-state index contributed by atoms with van der Waals surface area (Å²) >= 11 is 0. The van der Waals surface area contributed by atoms with Gasteiger partial charge in [-0.25, -0.2) is 18.4 Å². The van der Waals surface area contributed by atoms with Crippen LogP contribution in [0.25, 0.3) is 33.4 Å². The van der Waals surface area contributed by atoms with Crippen molar-refractivity contribution in [3.8, 4) is 39.1 Å². The molecule has 0 aromatic heterocycles. The van der Waals surface area contributed by atoms with Crippen LogP contribution in [0.2, 0.25) is 19.1 Å². The summed E-state index contributed by atoms with van der Waals surface area (Å²) in [5.41, 5.74) is 4.46. The van der Waals surface area contributed by atoms with Crippen LogP contribution in [0.4, 0.5) is 8.78 Å². The van der Waals surface area contributed by atoms with E-state index in [0.717, 1.165) is 18.4 Å². The second-order valence-electron chi connectivity index (χ2n) is 14.4. The molecule has 286 valence electrons. The minimum atomic E-state index is -1.60. The lowest BCUT2D eigenvalue weighted by atomic mass is 9.95. The van der Waals surface area contributed by atoms with Crippen molar-refractivity contribution >= 4 is 25.2 Å². The summed E-state index contributed by atoms with van der Waals surface area (Å²) in [5.74, 6) is -2.55. The van der Waals surface area contributed by atoms with Gasteiger partial charge in [-0.05, 0) is 67.5 Å². The Labute approximate surface area is 319 Å². The van der Waals surface area contributed by atoms with E-state index in [9.17, 15) is 9.59 Å². The van der Waals surface area contributed by atoms with Crippen LogP contribution in [0.5, 0.6) is 5.75 Å². The topological polar surface area (TPSA) is 82.1 Å². The van der Waals surface area contributed by atoms with Gasteiger partial charge in [0.25, 0.3) is 0 Å². The average molecular weight is 755 g/mol. The first kappa shape index (κ1) is 41.9. The van der Waals surface area contributed by atoms with Crippen molar-refractivity contribution < 1.29 is 37.7 Å². The molecule has 0 aliphatic carbocycles. The molecule has 1 N–H and O–H groups in total. The summed E-state index contributed by atoms with van der Waals surface area (Å²) in [5, 5.41) is 10.5. The molecule has 0 fully saturated rings. The van der Waals surface area contributed by atoms with E-state index in [-0.39, 0.29) is 42.1 Å². The zero-order valence-electron chi connectivity index (χ0n) is 32.2. The Bertz CT molecular complexity index is 1900. The minimum Gasteiger partial charge on any atom is -0.493 e. The van der Waals surface area contributed by atoms with E-state index < -0.39 is 31.6 Å². The Morgan fingerprint density at radius 1 is 0.685 bits per heavy atom. The molecule has 0 atom stereocenters. The lowest BCUT2D eigenvalue weighted by Gasteiger charge is -2.23. The van der Waals surface area contributed by atoms with E-state index in [1.165, 1.54) is 17.7 Å². The monoisotopic (exact) mass is 754 g/mol. The number of carbonyl (C=O) groups excluding carboxylic acids is 2. The molecule has 6 nitrogen and oxygen atoms in total. The van der Waals surface area contributed by atoms with Crippen molar-refractivity contribution in [1.82, 2.24) is 0 Å². The van der Waals surface area contributed by atoms with Crippen LogP contribution in [0.15, 0.2) is 97.1 Å². The predicted octanol–water partition coefficient (Wildman–Crippen LogP) is 10.5. The SMILES string of the molecule is C=C(C)C(=O)OCc1cc(-c2ccc(-c3ccc(-c4ccc([Si](C)(C)CCCC)cc4)c(F)c3F)cc2)cc(COC(=O)C(=C)C)c1OCCCCCO. The zero-order chi connectivity index (χ0) is 39.4. The molecule has 0 saturated carbocycles. The molecule has 4 aromatic rings. The first-order valence-corrected chi connectivity index (χ1v) is 21.7. The minimum absolute atomic E-state index is 0.0814. The molecule has 0 aliphatic rings. The summed E-state index contributed by atoms with van der Waals surface area (Å²) in [6, 6.07) is 23.0. The number of unbranched alkanes of at least 4 members (excludes halogenated alkanes) is 3. The van der Waals surface area contributed by atoms with Gasteiger partial charge in [-0.15, -0.1) is 0 Å².